The van der Waals surface area contributed by atoms with E-state index < -0.39 is 11.9 Å². The van der Waals surface area contributed by atoms with Crippen molar-refractivity contribution in [2.75, 3.05) is 25.0 Å². The normalized spacial score (nSPS) is 16.1. The number of amides is 1. The Balaban J connectivity index is 1.36. The molecule has 0 aromatic heterocycles. The third-order valence-electron chi connectivity index (χ3n) is 7.85. The monoisotopic (exact) mass is 530 g/mol. The Morgan fingerprint density at radius 3 is 2.28 bits per heavy atom. The zero-order chi connectivity index (χ0) is 27.8. The molecule has 39 heavy (non-hydrogen) atoms. The molecule has 0 bridgehead atoms. The van der Waals surface area contributed by atoms with Crippen molar-refractivity contribution in [3.05, 3.63) is 101 Å². The van der Waals surface area contributed by atoms with Crippen molar-refractivity contribution in [1.82, 2.24) is 4.90 Å². The van der Waals surface area contributed by atoms with Crippen LogP contribution in [0.4, 0.5) is 10.1 Å². The van der Waals surface area contributed by atoms with Crippen LogP contribution in [0, 0.1) is 11.7 Å². The smallest absolute Gasteiger partial charge is 0.311 e. The molecule has 1 fully saturated rings. The Labute approximate surface area is 231 Å². The number of nitrogens with one attached hydrogen (secondary N) is 1. The van der Waals surface area contributed by atoms with E-state index in [0.29, 0.717) is 11.5 Å². The van der Waals surface area contributed by atoms with Gasteiger partial charge in [-0.15, -0.1) is 0 Å². The molecule has 2 unspecified atom stereocenters. The molecule has 4 rings (SSSR count). The fraction of sp³-hybridized carbons (Fsp3) is 0.394. The number of carboxylic acids is 1. The zero-order valence-corrected chi connectivity index (χ0v) is 22.9. The number of piperidine rings is 1. The van der Waals surface area contributed by atoms with Gasteiger partial charge in [-0.1, -0.05) is 68.4 Å². The van der Waals surface area contributed by atoms with E-state index in [0.717, 1.165) is 56.6 Å². The van der Waals surface area contributed by atoms with Gasteiger partial charge in [0.15, 0.2) is 0 Å². The predicted molar refractivity (Wildman–Crippen MR) is 154 cm³/mol. The summed E-state index contributed by atoms with van der Waals surface area (Å²) in [6.45, 7) is 6.67. The molecule has 2 N–H and O–H groups in total. The molecule has 1 heterocycles. The van der Waals surface area contributed by atoms with Crippen LogP contribution in [0.2, 0.25) is 0 Å². The lowest BCUT2D eigenvalue weighted by atomic mass is 9.78. The molecule has 6 heteroatoms. The second-order valence-corrected chi connectivity index (χ2v) is 10.9. The number of likely N-dealkylation sites (tertiary alicyclic amines) is 1. The molecule has 0 spiro atoms. The highest BCUT2D eigenvalue weighted by Crippen LogP contribution is 2.37. The van der Waals surface area contributed by atoms with Crippen molar-refractivity contribution >= 4 is 17.6 Å². The first-order valence-electron chi connectivity index (χ1n) is 14.0. The Hall–Kier alpha value is -3.51. The third-order valence-corrected chi connectivity index (χ3v) is 7.85. The lowest BCUT2D eigenvalue weighted by molar-refractivity contribution is -0.139. The van der Waals surface area contributed by atoms with Gasteiger partial charge in [-0.25, -0.2) is 4.39 Å². The summed E-state index contributed by atoms with van der Waals surface area (Å²) in [6, 6.07) is 23.9. The summed E-state index contributed by atoms with van der Waals surface area (Å²) >= 11 is 0. The molecule has 0 saturated carbocycles. The Morgan fingerprint density at radius 1 is 0.949 bits per heavy atom. The Kier molecular flexibility index (Phi) is 9.88. The van der Waals surface area contributed by atoms with Crippen LogP contribution in [0.15, 0.2) is 78.9 Å². The first-order chi connectivity index (χ1) is 18.8. The molecule has 2 atom stereocenters. The number of benzene rings is 3. The van der Waals surface area contributed by atoms with Crippen LogP contribution in [0.1, 0.15) is 74.0 Å². The van der Waals surface area contributed by atoms with E-state index >= 15 is 0 Å². The number of aliphatic carboxylic acids is 1. The van der Waals surface area contributed by atoms with Crippen LogP contribution in [0.25, 0.3) is 0 Å². The summed E-state index contributed by atoms with van der Waals surface area (Å²) in [4.78, 5) is 27.0. The standard InChI is InChI=1S/C33H39FN2O3/c1-23(2)32(37)35-29-11-6-10-27(22-29)24-17-20-36(21-18-24)19-7-12-30(25-8-4-3-5-9-25)31(33(38)39)26-13-15-28(34)16-14-26/h3-6,8-11,13-16,22-24,30-31H,7,12,17-21H2,1-2H3,(H,35,37)(H,38,39). The molecule has 1 amide bonds. The number of carbonyl (C=O) groups excluding carboxylic acids is 1. The lowest BCUT2D eigenvalue weighted by Crippen LogP contribution is -2.34. The average molecular weight is 531 g/mol. The highest BCUT2D eigenvalue weighted by atomic mass is 19.1. The van der Waals surface area contributed by atoms with Gasteiger partial charge in [-0.3, -0.25) is 9.59 Å². The van der Waals surface area contributed by atoms with Gasteiger partial charge < -0.3 is 15.3 Å². The molecule has 0 radical (unpaired) electrons. The molecule has 1 aliphatic heterocycles. The summed E-state index contributed by atoms with van der Waals surface area (Å²) in [6.07, 6.45) is 3.72. The zero-order valence-electron chi connectivity index (χ0n) is 22.9. The minimum Gasteiger partial charge on any atom is -0.481 e. The summed E-state index contributed by atoms with van der Waals surface area (Å²) in [5.41, 5.74) is 3.75. The van der Waals surface area contributed by atoms with E-state index in [1.807, 2.05) is 56.3 Å². The first kappa shape index (κ1) is 28.5. The molecule has 5 nitrogen and oxygen atoms in total. The van der Waals surface area contributed by atoms with Crippen molar-refractivity contribution in [2.45, 2.75) is 57.3 Å². The number of nitrogens with zero attached hydrogens (tertiary/aromatic N) is 1. The molecule has 3 aromatic rings. The van der Waals surface area contributed by atoms with Gasteiger partial charge in [0.05, 0.1) is 5.92 Å². The van der Waals surface area contributed by atoms with Gasteiger partial charge in [0, 0.05) is 17.5 Å². The summed E-state index contributed by atoms with van der Waals surface area (Å²) in [7, 11) is 0. The van der Waals surface area contributed by atoms with Crippen LogP contribution >= 0.6 is 0 Å². The van der Waals surface area contributed by atoms with E-state index in [4.69, 9.17) is 0 Å². The molecular formula is C33H39FN2O3. The quantitative estimate of drug-likeness (QED) is 0.279. The van der Waals surface area contributed by atoms with Crippen molar-refractivity contribution in [3.8, 4) is 0 Å². The number of hydrogen-bond donors (Lipinski definition) is 2. The van der Waals surface area contributed by atoms with Crippen LogP contribution in [-0.2, 0) is 9.59 Å². The minimum absolute atomic E-state index is 0.0281. The van der Waals surface area contributed by atoms with E-state index in [1.165, 1.54) is 17.7 Å². The highest BCUT2D eigenvalue weighted by Gasteiger charge is 2.31. The van der Waals surface area contributed by atoms with Gasteiger partial charge in [0.25, 0.3) is 0 Å². The molecule has 3 aromatic carbocycles. The maximum absolute atomic E-state index is 13.5. The van der Waals surface area contributed by atoms with E-state index in [2.05, 4.69) is 22.3 Å². The van der Waals surface area contributed by atoms with Gasteiger partial charge in [0.1, 0.15) is 5.82 Å². The third kappa shape index (κ3) is 7.76. The van der Waals surface area contributed by atoms with Crippen LogP contribution in [0.5, 0.6) is 0 Å². The van der Waals surface area contributed by atoms with Gasteiger partial charge in [-0.2, -0.15) is 0 Å². The van der Waals surface area contributed by atoms with Crippen LogP contribution in [0.3, 0.4) is 0 Å². The molecular weight excluding hydrogens is 491 g/mol. The second kappa shape index (κ2) is 13.5. The Morgan fingerprint density at radius 2 is 1.64 bits per heavy atom. The van der Waals surface area contributed by atoms with E-state index in [1.54, 1.807) is 12.1 Å². The maximum atomic E-state index is 13.5. The molecule has 206 valence electrons. The van der Waals surface area contributed by atoms with Crippen molar-refractivity contribution in [2.24, 2.45) is 5.92 Å². The minimum atomic E-state index is -0.886. The summed E-state index contributed by atoms with van der Waals surface area (Å²) in [5, 5.41) is 13.2. The van der Waals surface area contributed by atoms with Crippen molar-refractivity contribution in [3.63, 3.8) is 0 Å². The van der Waals surface area contributed by atoms with Gasteiger partial charge >= 0.3 is 5.97 Å². The van der Waals surface area contributed by atoms with Gasteiger partial charge in [-0.05, 0) is 92.2 Å². The predicted octanol–water partition coefficient (Wildman–Crippen LogP) is 7.03. The average Bonchev–Trinajstić information content (AvgIpc) is 2.94. The Bertz CT molecular complexity index is 1220. The number of halogens is 1. The van der Waals surface area contributed by atoms with Crippen molar-refractivity contribution < 1.29 is 19.1 Å². The SMILES string of the molecule is CC(C)C(=O)Nc1cccc(C2CCN(CCCC(c3ccccc3)C(C(=O)O)c3ccc(F)cc3)CC2)c1. The summed E-state index contributed by atoms with van der Waals surface area (Å²) < 4.78 is 13.5. The van der Waals surface area contributed by atoms with E-state index in [-0.39, 0.29) is 23.6 Å². The maximum Gasteiger partial charge on any atom is 0.311 e. The van der Waals surface area contributed by atoms with Crippen LogP contribution in [-0.4, -0.2) is 41.5 Å². The topological polar surface area (TPSA) is 69.6 Å². The largest absolute Gasteiger partial charge is 0.481 e. The first-order valence-corrected chi connectivity index (χ1v) is 14.0. The summed E-state index contributed by atoms with van der Waals surface area (Å²) in [5.74, 6) is -1.75. The number of anilines is 1. The molecule has 1 saturated heterocycles. The molecule has 1 aliphatic rings. The fourth-order valence-electron chi connectivity index (χ4n) is 5.62. The second-order valence-electron chi connectivity index (χ2n) is 10.9. The van der Waals surface area contributed by atoms with Gasteiger partial charge in [0.2, 0.25) is 5.91 Å². The number of hydrogen-bond acceptors (Lipinski definition) is 3. The number of rotatable bonds is 11. The molecule has 0 aliphatic carbocycles. The van der Waals surface area contributed by atoms with Crippen molar-refractivity contribution in [1.29, 1.82) is 0 Å². The number of carbonyl (C=O) groups is 2. The lowest BCUT2D eigenvalue weighted by Gasteiger charge is -2.33. The highest BCUT2D eigenvalue weighted by molar-refractivity contribution is 5.92. The van der Waals surface area contributed by atoms with Crippen LogP contribution < -0.4 is 5.32 Å². The van der Waals surface area contributed by atoms with E-state index in [9.17, 15) is 19.1 Å². The fourth-order valence-corrected chi connectivity index (χ4v) is 5.62. The number of carboxylic acid groups (broad SMARTS) is 1.